The lowest BCUT2D eigenvalue weighted by Gasteiger charge is -2.24. The average molecular weight is 588 g/mol. The molecule has 0 bridgehead atoms. The molecule has 3 aromatic rings. The largest absolute Gasteiger partial charge is 0.494 e. The monoisotopic (exact) mass is 587 g/mol. The molecule has 0 saturated heterocycles. The van der Waals surface area contributed by atoms with Crippen molar-refractivity contribution in [2.24, 2.45) is 0 Å². The molecule has 0 aliphatic heterocycles. The van der Waals surface area contributed by atoms with Gasteiger partial charge in [0.25, 0.3) is 5.91 Å². The van der Waals surface area contributed by atoms with E-state index in [0.717, 1.165) is 29.7 Å². The second-order valence-electron chi connectivity index (χ2n) is 11.9. The smallest absolute Gasteiger partial charge is 0.343 e. The van der Waals surface area contributed by atoms with Crippen molar-refractivity contribution in [1.82, 2.24) is 4.90 Å². The summed E-state index contributed by atoms with van der Waals surface area (Å²) in [6, 6.07) is 21.5. The number of carbonyl (C=O) groups excluding carboxylic acids is 2. The van der Waals surface area contributed by atoms with Crippen molar-refractivity contribution in [2.45, 2.75) is 84.6 Å². The number of rotatable bonds is 16. The van der Waals surface area contributed by atoms with Crippen LogP contribution in [0, 0.1) is 0 Å². The molecule has 3 aromatic carbocycles. The van der Waals surface area contributed by atoms with Crippen molar-refractivity contribution in [3.63, 3.8) is 0 Å². The van der Waals surface area contributed by atoms with E-state index in [1.165, 1.54) is 19.3 Å². The lowest BCUT2D eigenvalue weighted by molar-refractivity contribution is -0.137. The molecular weight excluding hydrogens is 542 g/mol. The number of nitrogens with zero attached hydrogens (tertiary/aromatic N) is 1. The molecule has 7 nitrogen and oxygen atoms in total. The number of esters is 1. The van der Waals surface area contributed by atoms with Crippen LogP contribution < -0.4 is 9.47 Å². The van der Waals surface area contributed by atoms with Crippen LogP contribution in [0.2, 0.25) is 0 Å². The standard InChI is InChI=1S/C36H45NO6/c1-5-6-7-8-9-25-42-31-22-16-29(17-23-31)35(41)43-32-20-12-27(13-21-32)26-37(24-10-11-33(38)39)34(40)28-14-18-30(19-15-28)36(2,3)4/h12-23H,5-11,24-26H2,1-4H3,(H,38,39). The molecule has 0 aliphatic carbocycles. The van der Waals surface area contributed by atoms with Gasteiger partial charge in [-0.3, -0.25) is 9.59 Å². The first kappa shape index (κ1) is 33.4. The van der Waals surface area contributed by atoms with Crippen molar-refractivity contribution in [1.29, 1.82) is 0 Å². The van der Waals surface area contributed by atoms with Gasteiger partial charge in [-0.2, -0.15) is 0 Å². The Balaban J connectivity index is 1.59. The molecule has 230 valence electrons. The zero-order chi connectivity index (χ0) is 31.2. The van der Waals surface area contributed by atoms with Gasteiger partial charge >= 0.3 is 11.9 Å². The van der Waals surface area contributed by atoms with E-state index in [0.29, 0.717) is 43.0 Å². The molecule has 0 spiro atoms. The van der Waals surface area contributed by atoms with Gasteiger partial charge in [0.2, 0.25) is 0 Å². The maximum atomic E-state index is 13.4. The number of aliphatic carboxylic acids is 1. The molecule has 7 heteroatoms. The van der Waals surface area contributed by atoms with Crippen LogP contribution in [0.5, 0.6) is 11.5 Å². The summed E-state index contributed by atoms with van der Waals surface area (Å²) in [6.45, 7) is 9.81. The van der Waals surface area contributed by atoms with Gasteiger partial charge in [0.05, 0.1) is 12.2 Å². The van der Waals surface area contributed by atoms with Crippen LogP contribution in [-0.4, -0.2) is 41.0 Å². The molecule has 1 amide bonds. The minimum Gasteiger partial charge on any atom is -0.494 e. The summed E-state index contributed by atoms with van der Waals surface area (Å²) in [7, 11) is 0. The van der Waals surface area contributed by atoms with Crippen molar-refractivity contribution in [3.05, 3.63) is 95.1 Å². The predicted octanol–water partition coefficient (Wildman–Crippen LogP) is 8.06. The highest BCUT2D eigenvalue weighted by Crippen LogP contribution is 2.23. The lowest BCUT2D eigenvalue weighted by Crippen LogP contribution is -2.32. The van der Waals surface area contributed by atoms with E-state index in [9.17, 15) is 14.4 Å². The third kappa shape index (κ3) is 11.2. The van der Waals surface area contributed by atoms with E-state index < -0.39 is 11.9 Å². The second kappa shape index (κ2) is 16.5. The molecule has 0 atom stereocenters. The zero-order valence-electron chi connectivity index (χ0n) is 25.9. The number of carboxylic acids is 1. The van der Waals surface area contributed by atoms with Crippen LogP contribution in [0.25, 0.3) is 0 Å². The van der Waals surface area contributed by atoms with Crippen molar-refractivity contribution >= 4 is 17.8 Å². The Morgan fingerprint density at radius 1 is 0.744 bits per heavy atom. The normalized spacial score (nSPS) is 11.2. The van der Waals surface area contributed by atoms with E-state index in [-0.39, 0.29) is 17.7 Å². The first-order valence-electron chi connectivity index (χ1n) is 15.2. The third-order valence-electron chi connectivity index (χ3n) is 7.22. The summed E-state index contributed by atoms with van der Waals surface area (Å²) in [4.78, 5) is 38.8. The van der Waals surface area contributed by atoms with Gasteiger partial charge in [0.15, 0.2) is 0 Å². The minimum absolute atomic E-state index is 0.0201. The number of carbonyl (C=O) groups is 3. The summed E-state index contributed by atoms with van der Waals surface area (Å²) in [5.41, 5.74) is 2.92. The van der Waals surface area contributed by atoms with Crippen molar-refractivity contribution < 1.29 is 29.0 Å². The summed E-state index contributed by atoms with van der Waals surface area (Å²) < 4.78 is 11.3. The molecule has 0 aromatic heterocycles. The van der Waals surface area contributed by atoms with E-state index in [2.05, 4.69) is 27.7 Å². The van der Waals surface area contributed by atoms with Gasteiger partial charge in [-0.15, -0.1) is 0 Å². The first-order valence-corrected chi connectivity index (χ1v) is 15.2. The van der Waals surface area contributed by atoms with Gasteiger partial charge in [-0.1, -0.05) is 77.6 Å². The van der Waals surface area contributed by atoms with E-state index in [1.54, 1.807) is 53.4 Å². The molecule has 0 saturated carbocycles. The Morgan fingerprint density at radius 3 is 1.95 bits per heavy atom. The Kier molecular flexibility index (Phi) is 12.8. The average Bonchev–Trinajstić information content (AvgIpc) is 2.98. The number of hydrogen-bond donors (Lipinski definition) is 1. The van der Waals surface area contributed by atoms with Crippen LogP contribution in [0.4, 0.5) is 0 Å². The number of amides is 1. The van der Waals surface area contributed by atoms with Crippen LogP contribution >= 0.6 is 0 Å². The van der Waals surface area contributed by atoms with Gasteiger partial charge in [-0.05, 0) is 77.9 Å². The minimum atomic E-state index is -0.895. The fourth-order valence-corrected chi connectivity index (χ4v) is 4.60. The SMILES string of the molecule is CCCCCCCOc1ccc(C(=O)Oc2ccc(CN(CCCC(=O)O)C(=O)c3ccc(C(C)(C)C)cc3)cc2)cc1. The van der Waals surface area contributed by atoms with E-state index >= 15 is 0 Å². The number of carboxylic acid groups (broad SMARTS) is 1. The molecule has 0 heterocycles. The number of benzene rings is 3. The summed E-state index contributed by atoms with van der Waals surface area (Å²) >= 11 is 0. The molecular formula is C36H45NO6. The predicted molar refractivity (Wildman–Crippen MR) is 169 cm³/mol. The fraction of sp³-hybridized carbons (Fsp3) is 0.417. The first-order chi connectivity index (χ1) is 20.6. The Labute approximate surface area is 255 Å². The highest BCUT2D eigenvalue weighted by Gasteiger charge is 2.19. The summed E-state index contributed by atoms with van der Waals surface area (Å²) in [6.07, 6.45) is 6.18. The Bertz CT molecular complexity index is 1310. The molecule has 43 heavy (non-hydrogen) atoms. The Morgan fingerprint density at radius 2 is 1.35 bits per heavy atom. The van der Waals surface area contributed by atoms with E-state index in [4.69, 9.17) is 14.6 Å². The molecule has 0 aliphatic rings. The topological polar surface area (TPSA) is 93.1 Å². The van der Waals surface area contributed by atoms with Gasteiger partial charge < -0.3 is 19.5 Å². The summed E-state index contributed by atoms with van der Waals surface area (Å²) in [5, 5.41) is 9.09. The summed E-state index contributed by atoms with van der Waals surface area (Å²) in [5.74, 6) is -0.409. The van der Waals surface area contributed by atoms with Gasteiger partial charge in [0.1, 0.15) is 11.5 Å². The van der Waals surface area contributed by atoms with Crippen LogP contribution in [-0.2, 0) is 16.8 Å². The Hall–Kier alpha value is -4.13. The number of ether oxygens (including phenoxy) is 2. The fourth-order valence-electron chi connectivity index (χ4n) is 4.60. The molecule has 0 fully saturated rings. The maximum Gasteiger partial charge on any atom is 0.343 e. The molecule has 0 unspecified atom stereocenters. The number of unbranched alkanes of at least 4 members (excludes halogenated alkanes) is 4. The third-order valence-corrected chi connectivity index (χ3v) is 7.22. The zero-order valence-corrected chi connectivity index (χ0v) is 25.9. The second-order valence-corrected chi connectivity index (χ2v) is 11.9. The van der Waals surface area contributed by atoms with Crippen molar-refractivity contribution in [2.75, 3.05) is 13.2 Å². The molecule has 0 radical (unpaired) electrons. The quantitative estimate of drug-likeness (QED) is 0.104. The van der Waals surface area contributed by atoms with Crippen LogP contribution in [0.1, 0.15) is 104 Å². The molecule has 3 rings (SSSR count). The van der Waals surface area contributed by atoms with E-state index in [1.807, 2.05) is 24.3 Å². The van der Waals surface area contributed by atoms with Gasteiger partial charge in [-0.25, -0.2) is 4.79 Å². The van der Waals surface area contributed by atoms with Gasteiger partial charge in [0, 0.05) is 25.1 Å². The molecule has 1 N–H and O–H groups in total. The number of hydrogen-bond acceptors (Lipinski definition) is 5. The van der Waals surface area contributed by atoms with Crippen molar-refractivity contribution in [3.8, 4) is 11.5 Å². The van der Waals surface area contributed by atoms with Crippen LogP contribution in [0.3, 0.4) is 0 Å². The maximum absolute atomic E-state index is 13.4. The highest BCUT2D eigenvalue weighted by molar-refractivity contribution is 5.94. The lowest BCUT2D eigenvalue weighted by atomic mass is 9.86. The van der Waals surface area contributed by atoms with Crippen LogP contribution in [0.15, 0.2) is 72.8 Å². The highest BCUT2D eigenvalue weighted by atomic mass is 16.5.